The number of halogens is 2. The number of aryl methyl sites for hydroxylation is 1. The molecule has 5 nitrogen and oxygen atoms in total. The molecule has 1 N–H and O–H groups in total. The highest BCUT2D eigenvalue weighted by Crippen LogP contribution is 2.32. The molecular weight excluding hydrogens is 381 g/mol. The number of hydrogen-bond donors (Lipinski definition) is 1. The molecule has 0 spiro atoms. The maximum atomic E-state index is 13.4. The molecule has 5 rings (SSSR count). The van der Waals surface area contributed by atoms with Gasteiger partial charge in [-0.15, -0.1) is 24.8 Å². The van der Waals surface area contributed by atoms with Crippen LogP contribution in [0, 0.1) is 6.92 Å². The Balaban J connectivity index is 0.00000113. The van der Waals surface area contributed by atoms with Crippen molar-refractivity contribution in [3.05, 3.63) is 36.2 Å². The summed E-state index contributed by atoms with van der Waals surface area (Å²) in [6.07, 6.45) is 6.55. The molecule has 2 atom stereocenters. The Bertz CT molecular complexity index is 851. The van der Waals surface area contributed by atoms with Crippen LogP contribution in [0.25, 0.3) is 10.8 Å². The van der Waals surface area contributed by atoms with Crippen molar-refractivity contribution in [1.29, 1.82) is 0 Å². The fourth-order valence-electron chi connectivity index (χ4n) is 3.88. The Kier molecular flexibility index (Phi) is 6.33. The van der Waals surface area contributed by atoms with E-state index in [2.05, 4.69) is 10.3 Å². The number of rotatable bonds is 2. The van der Waals surface area contributed by atoms with Gasteiger partial charge >= 0.3 is 0 Å². The summed E-state index contributed by atoms with van der Waals surface area (Å²) in [5.41, 5.74) is 0.903. The normalized spacial score (nSPS) is 23.6. The SMILES string of the molecule is Cc1cncc2cccc(S(=O)(=O)N3CC4CCCC3CN4)c12.Cl.Cl. The standard InChI is InChI=1S/C17H21N3O2S.2ClH/c1-12-8-18-9-13-4-2-7-16(17(12)13)23(21,22)20-11-14-5-3-6-15(20)10-19-14;;/h2,4,7-9,14-15,19H,3,5-6,10-11H2,1H3;2*1H. The van der Waals surface area contributed by atoms with Crippen LogP contribution >= 0.6 is 24.8 Å². The van der Waals surface area contributed by atoms with Gasteiger partial charge in [0.1, 0.15) is 0 Å². The lowest BCUT2D eigenvalue weighted by atomic mass is 10.1. The third-order valence-electron chi connectivity index (χ3n) is 5.06. The van der Waals surface area contributed by atoms with Gasteiger partial charge in [-0.2, -0.15) is 4.31 Å². The Labute approximate surface area is 161 Å². The maximum absolute atomic E-state index is 13.4. The van der Waals surface area contributed by atoms with Crippen LogP contribution in [0.1, 0.15) is 24.8 Å². The Hall–Kier alpha value is -0.920. The molecule has 1 aromatic carbocycles. The average Bonchev–Trinajstić information content (AvgIpc) is 2.90. The zero-order chi connectivity index (χ0) is 16.0. The highest BCUT2D eigenvalue weighted by molar-refractivity contribution is 7.89. The number of benzene rings is 1. The first-order chi connectivity index (χ1) is 11.1. The summed E-state index contributed by atoms with van der Waals surface area (Å²) in [6, 6.07) is 5.81. The highest BCUT2D eigenvalue weighted by atomic mass is 35.5. The molecule has 3 saturated heterocycles. The van der Waals surface area contributed by atoms with E-state index in [0.717, 1.165) is 42.1 Å². The van der Waals surface area contributed by atoms with Gasteiger partial charge in [-0.3, -0.25) is 4.98 Å². The summed E-state index contributed by atoms with van der Waals surface area (Å²) < 4.78 is 28.5. The molecule has 3 aliphatic rings. The molecule has 2 unspecified atom stereocenters. The fourth-order valence-corrected chi connectivity index (χ4v) is 5.87. The van der Waals surface area contributed by atoms with Crippen LogP contribution in [0.2, 0.25) is 0 Å². The van der Waals surface area contributed by atoms with Gasteiger partial charge in [-0.25, -0.2) is 8.42 Å². The number of fused-ring (bicyclic) bond motifs is 5. The summed E-state index contributed by atoms with van der Waals surface area (Å²) >= 11 is 0. The van der Waals surface area contributed by atoms with Gasteiger partial charge in [0, 0.05) is 48.3 Å². The van der Waals surface area contributed by atoms with E-state index in [1.165, 1.54) is 0 Å². The lowest BCUT2D eigenvalue weighted by Gasteiger charge is -2.36. The van der Waals surface area contributed by atoms with E-state index < -0.39 is 10.0 Å². The number of sulfonamides is 1. The van der Waals surface area contributed by atoms with Crippen molar-refractivity contribution in [2.75, 3.05) is 13.1 Å². The maximum Gasteiger partial charge on any atom is 0.244 e. The molecule has 0 amide bonds. The molecule has 2 bridgehead atoms. The zero-order valence-electron chi connectivity index (χ0n) is 14.0. The molecule has 3 aliphatic heterocycles. The Morgan fingerprint density at radius 1 is 1.20 bits per heavy atom. The van der Waals surface area contributed by atoms with Crippen LogP contribution in [-0.4, -0.2) is 42.9 Å². The lowest BCUT2D eigenvalue weighted by molar-refractivity contribution is 0.243. The molecule has 3 fully saturated rings. The van der Waals surface area contributed by atoms with E-state index in [-0.39, 0.29) is 36.9 Å². The third-order valence-corrected chi connectivity index (χ3v) is 7.02. The topological polar surface area (TPSA) is 62.3 Å². The first-order valence-electron chi connectivity index (χ1n) is 8.16. The molecule has 138 valence electrons. The van der Waals surface area contributed by atoms with Crippen LogP contribution in [0.15, 0.2) is 35.5 Å². The third kappa shape index (κ3) is 3.51. The van der Waals surface area contributed by atoms with Crippen molar-refractivity contribution in [1.82, 2.24) is 14.6 Å². The predicted molar refractivity (Wildman–Crippen MR) is 104 cm³/mol. The van der Waals surface area contributed by atoms with Crippen molar-refractivity contribution in [2.24, 2.45) is 0 Å². The van der Waals surface area contributed by atoms with Crippen LogP contribution in [0.5, 0.6) is 0 Å². The smallest absolute Gasteiger partial charge is 0.244 e. The number of nitrogens with one attached hydrogen (secondary N) is 1. The van der Waals surface area contributed by atoms with Gasteiger partial charge in [0.25, 0.3) is 0 Å². The van der Waals surface area contributed by atoms with E-state index in [1.807, 2.05) is 19.1 Å². The van der Waals surface area contributed by atoms with Crippen LogP contribution in [0.4, 0.5) is 0 Å². The number of nitrogens with zero attached hydrogens (tertiary/aromatic N) is 2. The zero-order valence-corrected chi connectivity index (χ0v) is 16.5. The fraction of sp³-hybridized carbons (Fsp3) is 0.471. The predicted octanol–water partition coefficient (Wildman–Crippen LogP) is 2.90. The number of hydrogen-bond acceptors (Lipinski definition) is 4. The van der Waals surface area contributed by atoms with Crippen LogP contribution < -0.4 is 5.32 Å². The molecular formula is C17H23Cl2N3O2S. The van der Waals surface area contributed by atoms with Gasteiger partial charge in [-0.1, -0.05) is 18.6 Å². The van der Waals surface area contributed by atoms with E-state index in [0.29, 0.717) is 11.4 Å². The minimum atomic E-state index is -3.50. The largest absolute Gasteiger partial charge is 0.311 e. The summed E-state index contributed by atoms with van der Waals surface area (Å²) in [5, 5.41) is 5.15. The monoisotopic (exact) mass is 403 g/mol. The number of pyridine rings is 1. The van der Waals surface area contributed by atoms with Gasteiger partial charge in [0.2, 0.25) is 10.0 Å². The second-order valence-electron chi connectivity index (χ2n) is 6.58. The molecule has 0 radical (unpaired) electrons. The van der Waals surface area contributed by atoms with Crippen molar-refractivity contribution in [3.63, 3.8) is 0 Å². The Morgan fingerprint density at radius 3 is 2.80 bits per heavy atom. The highest BCUT2D eigenvalue weighted by Gasteiger charge is 2.39. The van der Waals surface area contributed by atoms with E-state index >= 15 is 0 Å². The molecule has 4 heterocycles. The Morgan fingerprint density at radius 2 is 2.00 bits per heavy atom. The van der Waals surface area contributed by atoms with Crippen molar-refractivity contribution >= 4 is 45.6 Å². The van der Waals surface area contributed by atoms with Gasteiger partial charge in [-0.05, 0) is 31.4 Å². The number of aromatic nitrogens is 1. The summed E-state index contributed by atoms with van der Waals surface area (Å²) in [7, 11) is -3.50. The van der Waals surface area contributed by atoms with Crippen molar-refractivity contribution in [3.8, 4) is 0 Å². The number of piperazine rings is 1. The molecule has 2 aromatic rings. The summed E-state index contributed by atoms with van der Waals surface area (Å²) in [6.45, 7) is 3.26. The van der Waals surface area contributed by atoms with Crippen LogP contribution in [0.3, 0.4) is 0 Å². The lowest BCUT2D eigenvalue weighted by Crippen LogP contribution is -2.56. The van der Waals surface area contributed by atoms with Crippen LogP contribution in [-0.2, 0) is 10.0 Å². The van der Waals surface area contributed by atoms with E-state index in [9.17, 15) is 8.42 Å². The van der Waals surface area contributed by atoms with Gasteiger partial charge < -0.3 is 5.32 Å². The minimum absolute atomic E-state index is 0. The first-order valence-corrected chi connectivity index (χ1v) is 9.60. The quantitative estimate of drug-likeness (QED) is 0.836. The molecule has 8 heteroatoms. The first kappa shape index (κ1) is 20.4. The second kappa shape index (κ2) is 7.76. The minimum Gasteiger partial charge on any atom is -0.311 e. The van der Waals surface area contributed by atoms with Crippen molar-refractivity contribution < 1.29 is 8.42 Å². The molecule has 1 aromatic heterocycles. The molecule has 0 saturated carbocycles. The molecule has 25 heavy (non-hydrogen) atoms. The van der Waals surface area contributed by atoms with E-state index in [4.69, 9.17) is 0 Å². The van der Waals surface area contributed by atoms with E-state index in [1.54, 1.807) is 22.8 Å². The van der Waals surface area contributed by atoms with Gasteiger partial charge in [0.05, 0.1) is 4.90 Å². The van der Waals surface area contributed by atoms with Gasteiger partial charge in [0.15, 0.2) is 0 Å². The summed E-state index contributed by atoms with van der Waals surface area (Å²) in [5.74, 6) is 0. The van der Waals surface area contributed by atoms with Crippen molar-refractivity contribution in [2.45, 2.75) is 43.2 Å². The second-order valence-corrected chi connectivity index (χ2v) is 8.43. The molecule has 0 aliphatic carbocycles. The summed E-state index contributed by atoms with van der Waals surface area (Å²) in [4.78, 5) is 4.60. The average molecular weight is 404 g/mol.